The summed E-state index contributed by atoms with van der Waals surface area (Å²) >= 11 is 0. The van der Waals surface area contributed by atoms with Gasteiger partial charge in [0.25, 0.3) is 5.69 Å². The lowest BCUT2D eigenvalue weighted by Gasteiger charge is -2.30. The largest absolute Gasteiger partial charge is 0.331 e. The van der Waals surface area contributed by atoms with Gasteiger partial charge in [0.1, 0.15) is 0 Å². The molecule has 0 aliphatic carbocycles. The van der Waals surface area contributed by atoms with E-state index in [2.05, 4.69) is 5.10 Å². The van der Waals surface area contributed by atoms with Crippen molar-refractivity contribution in [1.82, 2.24) is 9.34 Å². The van der Waals surface area contributed by atoms with Crippen LogP contribution in [0, 0.1) is 10.1 Å². The van der Waals surface area contributed by atoms with E-state index in [1.165, 1.54) is 16.9 Å². The molecule has 2 aromatic rings. The number of non-ortho nitro benzene ring substituents is 1. The standard InChI is InChI=1S/C17H18N5O3P/c23-22(24)17-8-6-16(7-9-17)21(18-14-15-4-2-1-3-5-15)26(25,19-10-11-19)20-12-13-20/h1-9,14H,10-13H2/b18-14-. The summed E-state index contributed by atoms with van der Waals surface area (Å²) in [6.07, 6.45) is 1.67. The predicted molar refractivity (Wildman–Crippen MR) is 100 cm³/mol. The molecule has 8 nitrogen and oxygen atoms in total. The third-order valence-corrected chi connectivity index (χ3v) is 7.34. The van der Waals surface area contributed by atoms with Crippen LogP contribution in [0.15, 0.2) is 59.7 Å². The summed E-state index contributed by atoms with van der Waals surface area (Å²) in [4.78, 5) is 10.5. The Morgan fingerprint density at radius 2 is 1.58 bits per heavy atom. The fraction of sp³-hybridized carbons (Fsp3) is 0.235. The Bertz CT molecular complexity index is 863. The van der Waals surface area contributed by atoms with Gasteiger partial charge in [-0.3, -0.25) is 14.7 Å². The van der Waals surface area contributed by atoms with Gasteiger partial charge in [-0.2, -0.15) is 9.88 Å². The van der Waals surface area contributed by atoms with Crippen LogP contribution >= 0.6 is 7.59 Å². The highest BCUT2D eigenvalue weighted by atomic mass is 31.2. The molecule has 26 heavy (non-hydrogen) atoms. The van der Waals surface area contributed by atoms with Gasteiger partial charge >= 0.3 is 7.59 Å². The molecule has 2 aliphatic heterocycles. The van der Waals surface area contributed by atoms with E-state index in [1.807, 2.05) is 39.7 Å². The molecule has 2 saturated heterocycles. The van der Waals surface area contributed by atoms with Gasteiger partial charge < -0.3 is 0 Å². The molecule has 4 rings (SSSR count). The summed E-state index contributed by atoms with van der Waals surface area (Å²) < 4.78 is 19.2. The molecule has 9 heteroatoms. The van der Waals surface area contributed by atoms with Crippen molar-refractivity contribution < 1.29 is 9.49 Å². The SMILES string of the molecule is O=[N+]([O-])c1ccc(N(/N=C\c2ccccc2)P(=O)(N2CC2)N2CC2)cc1. The second kappa shape index (κ2) is 6.64. The number of benzene rings is 2. The number of nitro benzene ring substituents is 1. The highest BCUT2D eigenvalue weighted by molar-refractivity contribution is 7.61. The molecule has 2 aliphatic rings. The quantitative estimate of drug-likeness (QED) is 0.244. The lowest BCUT2D eigenvalue weighted by Crippen LogP contribution is -2.23. The molecule has 0 atom stereocenters. The van der Waals surface area contributed by atoms with Gasteiger partial charge in [0.2, 0.25) is 0 Å². The fourth-order valence-corrected chi connectivity index (χ4v) is 5.36. The van der Waals surface area contributed by atoms with Crippen molar-refractivity contribution >= 4 is 25.2 Å². The minimum atomic E-state index is -3.02. The Labute approximate surface area is 151 Å². The van der Waals surface area contributed by atoms with Crippen LogP contribution in [0.4, 0.5) is 11.4 Å². The molecule has 2 heterocycles. The van der Waals surface area contributed by atoms with E-state index in [0.717, 1.165) is 31.7 Å². The van der Waals surface area contributed by atoms with Gasteiger partial charge in [-0.25, -0.2) is 9.34 Å². The molecular formula is C17H18N5O3P. The number of hydrogen-bond donors (Lipinski definition) is 0. The van der Waals surface area contributed by atoms with E-state index in [0.29, 0.717) is 5.69 Å². The lowest BCUT2D eigenvalue weighted by molar-refractivity contribution is -0.384. The molecule has 0 radical (unpaired) electrons. The Morgan fingerprint density at radius 1 is 1.00 bits per heavy atom. The van der Waals surface area contributed by atoms with Crippen LogP contribution in [0.1, 0.15) is 5.56 Å². The molecular weight excluding hydrogens is 353 g/mol. The Morgan fingerprint density at radius 3 is 2.08 bits per heavy atom. The molecule has 2 fully saturated rings. The van der Waals surface area contributed by atoms with Crippen molar-refractivity contribution in [3.05, 3.63) is 70.3 Å². The number of nitrogens with zero attached hydrogens (tertiary/aromatic N) is 5. The minimum Gasteiger partial charge on any atom is -0.262 e. The maximum atomic E-state index is 13.8. The third-order valence-electron chi connectivity index (χ3n) is 4.24. The van der Waals surface area contributed by atoms with Crippen molar-refractivity contribution in [2.24, 2.45) is 5.10 Å². The van der Waals surface area contributed by atoms with Crippen LogP contribution in [-0.2, 0) is 4.57 Å². The van der Waals surface area contributed by atoms with Gasteiger partial charge in [0.05, 0.1) is 16.8 Å². The van der Waals surface area contributed by atoms with Crippen LogP contribution < -0.4 is 4.78 Å². The van der Waals surface area contributed by atoms with Gasteiger partial charge in [-0.1, -0.05) is 30.3 Å². The smallest absolute Gasteiger partial charge is 0.262 e. The molecule has 0 spiro atoms. The first kappa shape index (κ1) is 16.9. The van der Waals surface area contributed by atoms with Gasteiger partial charge in [-0.05, 0) is 17.7 Å². The molecule has 0 aromatic heterocycles. The average Bonchev–Trinajstić information content (AvgIpc) is 3.55. The highest BCUT2D eigenvalue weighted by Crippen LogP contribution is 2.64. The van der Waals surface area contributed by atoms with Crippen molar-refractivity contribution in [2.75, 3.05) is 31.0 Å². The van der Waals surface area contributed by atoms with Crippen molar-refractivity contribution in [2.45, 2.75) is 0 Å². The van der Waals surface area contributed by atoms with Crippen LogP contribution in [0.2, 0.25) is 0 Å². The Balaban J connectivity index is 1.72. The van der Waals surface area contributed by atoms with E-state index in [9.17, 15) is 14.7 Å². The van der Waals surface area contributed by atoms with Crippen LogP contribution in [0.5, 0.6) is 0 Å². The van der Waals surface area contributed by atoms with E-state index in [1.54, 1.807) is 18.3 Å². The number of nitro groups is 1. The zero-order valence-corrected chi connectivity index (χ0v) is 14.9. The Hall–Kier alpha value is -2.54. The van der Waals surface area contributed by atoms with Crippen LogP contribution in [-0.4, -0.2) is 46.7 Å². The normalized spacial score (nSPS) is 17.4. The van der Waals surface area contributed by atoms with E-state index >= 15 is 0 Å². The second-order valence-corrected chi connectivity index (χ2v) is 8.68. The average molecular weight is 371 g/mol. The minimum absolute atomic E-state index is 0.00553. The van der Waals surface area contributed by atoms with Gasteiger partial charge in [0.15, 0.2) is 0 Å². The monoisotopic (exact) mass is 371 g/mol. The zero-order chi connectivity index (χ0) is 18.1. The molecule has 0 unspecified atom stereocenters. The summed E-state index contributed by atoms with van der Waals surface area (Å²) in [5.74, 6) is 0. The highest BCUT2D eigenvalue weighted by Gasteiger charge is 2.52. The summed E-state index contributed by atoms with van der Waals surface area (Å²) in [5.41, 5.74) is 1.46. The van der Waals surface area contributed by atoms with Gasteiger partial charge in [0, 0.05) is 38.3 Å². The molecule has 0 saturated carbocycles. The van der Waals surface area contributed by atoms with Crippen molar-refractivity contribution in [3.8, 4) is 0 Å². The van der Waals surface area contributed by atoms with Crippen LogP contribution in [0.3, 0.4) is 0 Å². The lowest BCUT2D eigenvalue weighted by atomic mass is 10.2. The number of hydrazone groups is 1. The Kier molecular flexibility index (Phi) is 4.32. The van der Waals surface area contributed by atoms with Crippen molar-refractivity contribution in [3.63, 3.8) is 0 Å². The van der Waals surface area contributed by atoms with Gasteiger partial charge in [-0.15, -0.1) is 0 Å². The summed E-state index contributed by atoms with van der Waals surface area (Å²) in [7, 11) is -3.02. The molecule has 0 amide bonds. The molecule has 0 bridgehead atoms. The van der Waals surface area contributed by atoms with Crippen LogP contribution in [0.25, 0.3) is 0 Å². The summed E-state index contributed by atoms with van der Waals surface area (Å²) in [6, 6.07) is 15.6. The topological polar surface area (TPSA) is 81.8 Å². The third kappa shape index (κ3) is 3.26. The maximum absolute atomic E-state index is 13.8. The number of anilines is 1. The zero-order valence-electron chi connectivity index (χ0n) is 14.0. The molecule has 134 valence electrons. The summed E-state index contributed by atoms with van der Waals surface area (Å²) in [5, 5.41) is 15.4. The second-order valence-electron chi connectivity index (χ2n) is 6.14. The van der Waals surface area contributed by atoms with E-state index < -0.39 is 12.5 Å². The fourth-order valence-electron chi connectivity index (χ4n) is 2.68. The first-order chi connectivity index (χ1) is 12.6. The van der Waals surface area contributed by atoms with Crippen molar-refractivity contribution in [1.29, 1.82) is 0 Å². The number of hydrogen-bond acceptors (Lipinski definition) is 4. The maximum Gasteiger partial charge on any atom is 0.331 e. The van der Waals surface area contributed by atoms with E-state index in [-0.39, 0.29) is 5.69 Å². The molecule has 0 N–H and O–H groups in total. The predicted octanol–water partition coefficient (Wildman–Crippen LogP) is 3.17. The van der Waals surface area contributed by atoms with E-state index in [4.69, 9.17) is 0 Å². The molecule has 2 aromatic carbocycles. The first-order valence-corrected chi connectivity index (χ1v) is 9.90. The number of rotatable bonds is 7. The first-order valence-electron chi connectivity index (χ1n) is 8.34. The summed E-state index contributed by atoms with van der Waals surface area (Å²) in [6.45, 7) is 3.05.